The van der Waals surface area contributed by atoms with Crippen LogP contribution in [0.2, 0.25) is 0 Å². The average Bonchev–Trinajstić information content (AvgIpc) is 2.61. The zero-order valence-electron chi connectivity index (χ0n) is 15.5. The second kappa shape index (κ2) is 10.6. The second-order valence-corrected chi connectivity index (χ2v) is 6.15. The summed E-state index contributed by atoms with van der Waals surface area (Å²) in [6.07, 6.45) is 0.684. The lowest BCUT2D eigenvalue weighted by atomic mass is 10.1. The van der Waals surface area contributed by atoms with Gasteiger partial charge in [-0.1, -0.05) is 19.9 Å². The van der Waals surface area contributed by atoms with Crippen LogP contribution in [0.5, 0.6) is 11.5 Å². The summed E-state index contributed by atoms with van der Waals surface area (Å²) in [5.41, 5.74) is 6.29. The van der Waals surface area contributed by atoms with Crippen molar-refractivity contribution < 1.29 is 19.1 Å². The van der Waals surface area contributed by atoms with Gasteiger partial charge in [0.2, 0.25) is 11.8 Å². The molecule has 1 aromatic carbocycles. The van der Waals surface area contributed by atoms with E-state index in [-0.39, 0.29) is 24.9 Å². The van der Waals surface area contributed by atoms with Crippen molar-refractivity contribution in [2.24, 2.45) is 11.7 Å². The van der Waals surface area contributed by atoms with Crippen LogP contribution in [0.4, 0.5) is 0 Å². The highest BCUT2D eigenvalue weighted by Crippen LogP contribution is 2.27. The van der Waals surface area contributed by atoms with Gasteiger partial charge in [-0.05, 0) is 30.0 Å². The molecule has 25 heavy (non-hydrogen) atoms. The second-order valence-electron chi connectivity index (χ2n) is 6.15. The maximum atomic E-state index is 12.4. The summed E-state index contributed by atoms with van der Waals surface area (Å²) in [4.78, 5) is 25.4. The molecule has 0 aliphatic carbocycles. The summed E-state index contributed by atoms with van der Waals surface area (Å²) in [5, 5.41) is 2.53. The van der Waals surface area contributed by atoms with Gasteiger partial charge < -0.3 is 25.4 Å². The number of ether oxygens (including phenoxy) is 2. The summed E-state index contributed by atoms with van der Waals surface area (Å²) in [6.45, 7) is 5.14. The van der Waals surface area contributed by atoms with Crippen molar-refractivity contribution in [3.63, 3.8) is 0 Å². The summed E-state index contributed by atoms with van der Waals surface area (Å²) in [6, 6.07) is 5.72. The molecule has 1 aromatic rings. The number of methoxy groups -OCH3 is 2. The molecule has 0 unspecified atom stereocenters. The van der Waals surface area contributed by atoms with Crippen molar-refractivity contribution >= 4 is 11.8 Å². The van der Waals surface area contributed by atoms with E-state index >= 15 is 0 Å². The van der Waals surface area contributed by atoms with Gasteiger partial charge in [0.05, 0.1) is 27.3 Å². The van der Waals surface area contributed by atoms with Crippen molar-refractivity contribution in [1.29, 1.82) is 0 Å². The summed E-state index contributed by atoms with van der Waals surface area (Å²) >= 11 is 0. The topological polar surface area (TPSA) is 93.9 Å². The number of carbonyl (C=O) groups excluding carboxylic acids is 2. The van der Waals surface area contributed by atoms with Crippen molar-refractivity contribution in [3.8, 4) is 11.5 Å². The number of amides is 2. The smallest absolute Gasteiger partial charge is 0.241 e. The van der Waals surface area contributed by atoms with Crippen molar-refractivity contribution in [3.05, 3.63) is 23.8 Å². The molecular weight excluding hydrogens is 322 g/mol. The molecule has 0 saturated heterocycles. The molecular formula is C18H29N3O4. The van der Waals surface area contributed by atoms with E-state index in [4.69, 9.17) is 15.2 Å². The molecule has 0 aliphatic rings. The van der Waals surface area contributed by atoms with Crippen LogP contribution < -0.4 is 20.5 Å². The Labute approximate surface area is 149 Å². The first-order valence-corrected chi connectivity index (χ1v) is 8.36. The predicted molar refractivity (Wildman–Crippen MR) is 96.7 cm³/mol. The number of hydrogen-bond acceptors (Lipinski definition) is 5. The molecule has 0 saturated carbocycles. The summed E-state index contributed by atoms with van der Waals surface area (Å²) in [5.74, 6) is 1.22. The zero-order valence-corrected chi connectivity index (χ0v) is 15.5. The number of nitrogens with one attached hydrogen (secondary N) is 1. The molecule has 140 valence electrons. The van der Waals surface area contributed by atoms with Crippen LogP contribution in [-0.4, -0.2) is 57.1 Å². The highest BCUT2D eigenvalue weighted by Gasteiger charge is 2.16. The number of nitrogens with zero attached hydrogens (tertiary/aromatic N) is 1. The maximum absolute atomic E-state index is 12.4. The summed E-state index contributed by atoms with van der Waals surface area (Å²) in [7, 11) is 3.19. The molecule has 3 N–H and O–H groups in total. The Balaban J connectivity index is 2.72. The number of nitrogens with two attached hydrogens (primary N) is 1. The van der Waals surface area contributed by atoms with Crippen molar-refractivity contribution in [1.82, 2.24) is 10.2 Å². The van der Waals surface area contributed by atoms with E-state index in [9.17, 15) is 9.59 Å². The fourth-order valence-electron chi connectivity index (χ4n) is 2.42. The van der Waals surface area contributed by atoms with Gasteiger partial charge in [0.25, 0.3) is 0 Å². The van der Waals surface area contributed by atoms with Crippen LogP contribution in [0.15, 0.2) is 18.2 Å². The Morgan fingerprint density at radius 1 is 1.20 bits per heavy atom. The van der Waals surface area contributed by atoms with Gasteiger partial charge in [0.1, 0.15) is 0 Å². The molecule has 0 aliphatic heterocycles. The summed E-state index contributed by atoms with van der Waals surface area (Å²) < 4.78 is 10.5. The average molecular weight is 351 g/mol. The molecule has 0 atom stereocenters. The number of carbonyl (C=O) groups is 2. The molecule has 0 bridgehead atoms. The van der Waals surface area contributed by atoms with Gasteiger partial charge >= 0.3 is 0 Å². The Bertz CT molecular complexity index is 575. The van der Waals surface area contributed by atoms with Gasteiger partial charge in [-0.3, -0.25) is 9.59 Å². The number of rotatable bonds is 10. The minimum Gasteiger partial charge on any atom is -0.493 e. The molecule has 0 heterocycles. The van der Waals surface area contributed by atoms with Gasteiger partial charge in [0.15, 0.2) is 11.5 Å². The van der Waals surface area contributed by atoms with Gasteiger partial charge in [-0.2, -0.15) is 0 Å². The molecule has 2 amide bonds. The fourth-order valence-corrected chi connectivity index (χ4v) is 2.42. The fraction of sp³-hybridized carbons (Fsp3) is 0.556. The van der Waals surface area contributed by atoms with E-state index < -0.39 is 0 Å². The van der Waals surface area contributed by atoms with E-state index in [1.807, 2.05) is 18.2 Å². The lowest BCUT2D eigenvalue weighted by Crippen LogP contribution is -2.44. The highest BCUT2D eigenvalue weighted by atomic mass is 16.5. The SMILES string of the molecule is COc1ccc(CCN(CC(C)C)C(=O)CNC(=O)CN)cc1OC. The Morgan fingerprint density at radius 3 is 2.44 bits per heavy atom. The van der Waals surface area contributed by atoms with Gasteiger partial charge in [0, 0.05) is 13.1 Å². The molecule has 7 heteroatoms. The Hall–Kier alpha value is -2.28. The third kappa shape index (κ3) is 7.01. The van der Waals surface area contributed by atoms with E-state index in [0.29, 0.717) is 36.9 Å². The molecule has 0 spiro atoms. The van der Waals surface area contributed by atoms with Crippen molar-refractivity contribution in [2.45, 2.75) is 20.3 Å². The monoisotopic (exact) mass is 351 g/mol. The molecule has 0 aromatic heterocycles. The van der Waals surface area contributed by atoms with Gasteiger partial charge in [-0.25, -0.2) is 0 Å². The minimum atomic E-state index is -0.335. The maximum Gasteiger partial charge on any atom is 0.241 e. The predicted octanol–water partition coefficient (Wildman–Crippen LogP) is 0.806. The van der Waals surface area contributed by atoms with Crippen LogP contribution in [0, 0.1) is 5.92 Å². The third-order valence-corrected chi connectivity index (χ3v) is 3.68. The molecule has 0 fully saturated rings. The van der Waals surface area contributed by atoms with Crippen LogP contribution in [0.25, 0.3) is 0 Å². The molecule has 1 rings (SSSR count). The molecule has 0 radical (unpaired) electrons. The van der Waals surface area contributed by atoms with Gasteiger partial charge in [-0.15, -0.1) is 0 Å². The molecule has 7 nitrogen and oxygen atoms in total. The third-order valence-electron chi connectivity index (χ3n) is 3.68. The largest absolute Gasteiger partial charge is 0.493 e. The van der Waals surface area contributed by atoms with E-state index in [1.54, 1.807) is 19.1 Å². The first-order valence-electron chi connectivity index (χ1n) is 8.36. The zero-order chi connectivity index (χ0) is 18.8. The van der Waals surface area contributed by atoms with E-state index in [2.05, 4.69) is 19.2 Å². The standard InChI is InChI=1S/C18H29N3O4/c1-13(2)12-21(18(23)11-20-17(22)10-19)8-7-14-5-6-15(24-3)16(9-14)25-4/h5-6,9,13H,7-8,10-12,19H2,1-4H3,(H,20,22). The van der Waals surface area contributed by atoms with Crippen LogP contribution in [-0.2, 0) is 16.0 Å². The lowest BCUT2D eigenvalue weighted by molar-refractivity contribution is -0.133. The number of hydrogen-bond donors (Lipinski definition) is 2. The first kappa shape index (κ1) is 20.8. The van der Waals surface area contributed by atoms with Crippen LogP contribution >= 0.6 is 0 Å². The van der Waals surface area contributed by atoms with E-state index in [1.165, 1.54) is 0 Å². The lowest BCUT2D eigenvalue weighted by Gasteiger charge is -2.25. The van der Waals surface area contributed by atoms with E-state index in [0.717, 1.165) is 5.56 Å². The first-order chi connectivity index (χ1) is 11.9. The Kier molecular flexibility index (Phi) is 8.77. The number of benzene rings is 1. The Morgan fingerprint density at radius 2 is 1.88 bits per heavy atom. The van der Waals surface area contributed by atoms with Crippen LogP contribution in [0.3, 0.4) is 0 Å². The minimum absolute atomic E-state index is 0.0330. The normalized spacial score (nSPS) is 10.5. The highest BCUT2D eigenvalue weighted by molar-refractivity contribution is 5.85. The van der Waals surface area contributed by atoms with Crippen LogP contribution in [0.1, 0.15) is 19.4 Å². The quantitative estimate of drug-likeness (QED) is 0.650. The van der Waals surface area contributed by atoms with Crippen molar-refractivity contribution in [2.75, 3.05) is 40.4 Å².